The third-order valence-electron chi connectivity index (χ3n) is 3.12. The largest absolute Gasteiger partial charge is 0.416 e. The zero-order chi connectivity index (χ0) is 12.5. The summed E-state index contributed by atoms with van der Waals surface area (Å²) < 4.78 is 37.9. The van der Waals surface area contributed by atoms with Gasteiger partial charge in [0.2, 0.25) is 0 Å². The van der Waals surface area contributed by atoms with Crippen LogP contribution in [0.5, 0.6) is 0 Å². The number of rotatable bonds is 1. The second kappa shape index (κ2) is 4.56. The summed E-state index contributed by atoms with van der Waals surface area (Å²) in [7, 11) is 0. The minimum atomic E-state index is -4.32. The highest BCUT2D eigenvalue weighted by Gasteiger charge is 2.31. The number of hydrogen-bond acceptors (Lipinski definition) is 2. The number of nitrogens with one attached hydrogen (secondary N) is 1. The van der Waals surface area contributed by atoms with Gasteiger partial charge in [-0.2, -0.15) is 13.2 Å². The molecule has 1 aliphatic rings. The molecule has 0 atom stereocenters. The Kier molecular flexibility index (Phi) is 3.28. The van der Waals surface area contributed by atoms with Crippen LogP contribution in [0.1, 0.15) is 29.9 Å². The van der Waals surface area contributed by atoms with Gasteiger partial charge in [0.15, 0.2) is 0 Å². The highest BCUT2D eigenvalue weighted by atomic mass is 19.4. The number of hydrogen-bond donors (Lipinski definition) is 2. The van der Waals surface area contributed by atoms with Crippen molar-refractivity contribution in [1.82, 2.24) is 5.32 Å². The number of piperidine rings is 1. The Labute approximate surface area is 98.0 Å². The van der Waals surface area contributed by atoms with E-state index in [-0.39, 0.29) is 11.6 Å². The minimum absolute atomic E-state index is 0.181. The molecule has 1 aliphatic heterocycles. The van der Waals surface area contributed by atoms with Gasteiger partial charge in [-0.15, -0.1) is 0 Å². The molecular weight excluding hydrogens is 229 g/mol. The number of benzene rings is 1. The summed E-state index contributed by atoms with van der Waals surface area (Å²) >= 11 is 0. The molecule has 0 radical (unpaired) electrons. The lowest BCUT2D eigenvalue weighted by Crippen LogP contribution is -2.26. The minimum Gasteiger partial charge on any atom is -0.399 e. The molecule has 1 saturated heterocycles. The van der Waals surface area contributed by atoms with Gasteiger partial charge in [-0.25, -0.2) is 0 Å². The highest BCUT2D eigenvalue weighted by molar-refractivity contribution is 5.46. The monoisotopic (exact) mass is 244 g/mol. The van der Waals surface area contributed by atoms with Crippen molar-refractivity contribution >= 4 is 5.69 Å². The summed E-state index contributed by atoms with van der Waals surface area (Å²) in [5, 5.41) is 3.19. The van der Waals surface area contributed by atoms with E-state index >= 15 is 0 Å². The molecule has 2 rings (SSSR count). The van der Waals surface area contributed by atoms with E-state index in [0.717, 1.165) is 32.0 Å². The molecule has 2 nitrogen and oxygen atoms in total. The van der Waals surface area contributed by atoms with Crippen LogP contribution < -0.4 is 11.1 Å². The van der Waals surface area contributed by atoms with Crippen LogP contribution in [0, 0.1) is 0 Å². The summed E-state index contributed by atoms with van der Waals surface area (Å²) in [4.78, 5) is 0. The van der Waals surface area contributed by atoms with E-state index in [9.17, 15) is 13.2 Å². The Morgan fingerprint density at radius 1 is 1.12 bits per heavy atom. The summed E-state index contributed by atoms with van der Waals surface area (Å²) in [6, 6.07) is 3.88. The molecule has 5 heteroatoms. The average molecular weight is 244 g/mol. The Morgan fingerprint density at radius 2 is 1.76 bits per heavy atom. The molecule has 0 bridgehead atoms. The van der Waals surface area contributed by atoms with Crippen LogP contribution in [0.3, 0.4) is 0 Å². The van der Waals surface area contributed by atoms with Crippen LogP contribution in [0.25, 0.3) is 0 Å². The first-order valence-electron chi connectivity index (χ1n) is 5.65. The Balaban J connectivity index is 2.31. The maximum absolute atomic E-state index is 12.6. The molecule has 1 aromatic rings. The van der Waals surface area contributed by atoms with E-state index < -0.39 is 11.7 Å². The van der Waals surface area contributed by atoms with Gasteiger partial charge in [-0.05, 0) is 55.6 Å². The normalized spacial score (nSPS) is 18.3. The molecule has 0 saturated carbocycles. The molecule has 94 valence electrons. The third kappa shape index (κ3) is 2.91. The Hall–Kier alpha value is -1.23. The number of nitrogens with two attached hydrogens (primary N) is 1. The van der Waals surface area contributed by atoms with E-state index in [1.165, 1.54) is 6.07 Å². The van der Waals surface area contributed by atoms with E-state index in [4.69, 9.17) is 5.73 Å². The average Bonchev–Trinajstić information content (AvgIpc) is 2.28. The maximum Gasteiger partial charge on any atom is 0.416 e. The van der Waals surface area contributed by atoms with Gasteiger partial charge in [0.25, 0.3) is 0 Å². The molecule has 3 N–H and O–H groups in total. The number of alkyl halides is 3. The van der Waals surface area contributed by atoms with Crippen molar-refractivity contribution < 1.29 is 13.2 Å². The molecular formula is C12H15F3N2. The predicted molar refractivity (Wildman–Crippen MR) is 60.7 cm³/mol. The fourth-order valence-corrected chi connectivity index (χ4v) is 2.23. The van der Waals surface area contributed by atoms with Crippen LogP contribution in [0.2, 0.25) is 0 Å². The lowest BCUT2D eigenvalue weighted by molar-refractivity contribution is -0.137. The van der Waals surface area contributed by atoms with E-state index in [1.54, 1.807) is 6.07 Å². The van der Waals surface area contributed by atoms with Crippen molar-refractivity contribution in [2.75, 3.05) is 18.8 Å². The molecule has 0 aliphatic carbocycles. The van der Waals surface area contributed by atoms with Crippen LogP contribution in [0.15, 0.2) is 18.2 Å². The fourth-order valence-electron chi connectivity index (χ4n) is 2.23. The van der Waals surface area contributed by atoms with Crippen molar-refractivity contribution in [3.05, 3.63) is 29.3 Å². The van der Waals surface area contributed by atoms with E-state index in [1.807, 2.05) is 0 Å². The second-order valence-corrected chi connectivity index (χ2v) is 4.41. The molecule has 1 aromatic carbocycles. The van der Waals surface area contributed by atoms with Crippen molar-refractivity contribution in [2.24, 2.45) is 0 Å². The number of nitrogen functional groups attached to an aromatic ring is 1. The van der Waals surface area contributed by atoms with Gasteiger partial charge in [-0.1, -0.05) is 0 Å². The van der Waals surface area contributed by atoms with Gasteiger partial charge in [0.1, 0.15) is 0 Å². The maximum atomic E-state index is 12.6. The second-order valence-electron chi connectivity index (χ2n) is 4.41. The van der Waals surface area contributed by atoms with E-state index in [2.05, 4.69) is 5.32 Å². The summed E-state index contributed by atoms with van der Waals surface area (Å²) in [5.74, 6) is 0.181. The van der Waals surface area contributed by atoms with Gasteiger partial charge >= 0.3 is 6.18 Å². The van der Waals surface area contributed by atoms with Gasteiger partial charge in [0.05, 0.1) is 5.56 Å². The lowest BCUT2D eigenvalue weighted by atomic mass is 9.89. The molecule has 17 heavy (non-hydrogen) atoms. The fraction of sp³-hybridized carbons (Fsp3) is 0.500. The van der Waals surface area contributed by atoms with Gasteiger partial charge in [0, 0.05) is 5.69 Å². The first-order chi connectivity index (χ1) is 7.97. The quantitative estimate of drug-likeness (QED) is 0.745. The first kappa shape index (κ1) is 12.2. The molecule has 1 fully saturated rings. The van der Waals surface area contributed by atoms with Crippen LogP contribution in [0.4, 0.5) is 18.9 Å². The Morgan fingerprint density at radius 3 is 2.35 bits per heavy atom. The van der Waals surface area contributed by atoms with Crippen LogP contribution in [-0.2, 0) is 6.18 Å². The number of halogens is 3. The lowest BCUT2D eigenvalue weighted by Gasteiger charge is -2.24. The smallest absolute Gasteiger partial charge is 0.399 e. The molecule has 0 aromatic heterocycles. The Bertz CT molecular complexity index is 395. The topological polar surface area (TPSA) is 38.0 Å². The molecule has 0 amide bonds. The summed E-state index contributed by atoms with van der Waals surface area (Å²) in [5.41, 5.74) is 5.80. The van der Waals surface area contributed by atoms with Gasteiger partial charge in [-0.3, -0.25) is 0 Å². The van der Waals surface area contributed by atoms with Crippen molar-refractivity contribution in [2.45, 2.75) is 24.9 Å². The van der Waals surface area contributed by atoms with Crippen molar-refractivity contribution in [3.63, 3.8) is 0 Å². The standard InChI is InChI=1S/C12H15F3N2/c13-12(14,15)10-5-9(6-11(16)7-10)8-1-3-17-4-2-8/h5-8,17H,1-4,16H2. The predicted octanol–water partition coefficient (Wildman–Crippen LogP) is 2.75. The zero-order valence-corrected chi connectivity index (χ0v) is 9.35. The zero-order valence-electron chi connectivity index (χ0n) is 9.35. The van der Waals surface area contributed by atoms with Crippen LogP contribution in [-0.4, -0.2) is 13.1 Å². The third-order valence-corrected chi connectivity index (χ3v) is 3.12. The first-order valence-corrected chi connectivity index (χ1v) is 5.65. The summed E-state index contributed by atoms with van der Waals surface area (Å²) in [6.07, 6.45) is -2.60. The van der Waals surface area contributed by atoms with Crippen LogP contribution >= 0.6 is 0 Å². The molecule has 1 heterocycles. The highest BCUT2D eigenvalue weighted by Crippen LogP contribution is 2.34. The van der Waals surface area contributed by atoms with E-state index in [0.29, 0.717) is 5.56 Å². The van der Waals surface area contributed by atoms with Gasteiger partial charge < -0.3 is 11.1 Å². The summed E-state index contributed by atoms with van der Waals surface area (Å²) in [6.45, 7) is 1.70. The molecule has 0 spiro atoms. The van der Waals surface area contributed by atoms with Crippen molar-refractivity contribution in [1.29, 1.82) is 0 Å². The number of anilines is 1. The molecule has 0 unspecified atom stereocenters. The SMILES string of the molecule is Nc1cc(C2CCNCC2)cc(C(F)(F)F)c1. The van der Waals surface area contributed by atoms with Crippen molar-refractivity contribution in [3.8, 4) is 0 Å².